The molecule has 2 nitrogen and oxygen atoms in total. The number of hydrogen-bond donors (Lipinski definition) is 1. The lowest BCUT2D eigenvalue weighted by atomic mass is 10.0. The quantitative estimate of drug-likeness (QED) is 0.803. The maximum Gasteiger partial charge on any atom is 0.123 e. The average Bonchev–Trinajstić information content (AvgIpc) is 2.18. The predicted molar refractivity (Wildman–Crippen MR) is 68.3 cm³/mol. The molecule has 17 heavy (non-hydrogen) atoms. The van der Waals surface area contributed by atoms with Crippen LogP contribution in [0.5, 0.6) is 0 Å². The first-order chi connectivity index (χ1) is 8.15. The maximum absolute atomic E-state index is 12.8. The third-order valence-corrected chi connectivity index (χ3v) is 3.15. The molecular formula is C14H19FN2. The van der Waals surface area contributed by atoms with Crippen LogP contribution in [0.3, 0.4) is 0 Å². The van der Waals surface area contributed by atoms with E-state index in [1.807, 2.05) is 12.1 Å². The first-order valence-electron chi connectivity index (χ1n) is 5.96. The second kappa shape index (κ2) is 5.43. The molecule has 0 aliphatic carbocycles. The first kappa shape index (κ1) is 12.3. The van der Waals surface area contributed by atoms with Gasteiger partial charge in [-0.1, -0.05) is 17.7 Å². The Morgan fingerprint density at radius 3 is 2.47 bits per heavy atom. The fourth-order valence-corrected chi connectivity index (χ4v) is 2.03. The monoisotopic (exact) mass is 234 g/mol. The second-order valence-corrected chi connectivity index (χ2v) is 4.79. The minimum Gasteiger partial charge on any atom is -0.309 e. The van der Waals surface area contributed by atoms with Gasteiger partial charge >= 0.3 is 0 Å². The van der Waals surface area contributed by atoms with Gasteiger partial charge in [-0.05, 0) is 37.2 Å². The smallest absolute Gasteiger partial charge is 0.123 e. The highest BCUT2D eigenvalue weighted by Crippen LogP contribution is 2.12. The molecule has 3 heteroatoms. The van der Waals surface area contributed by atoms with Crippen molar-refractivity contribution in [3.05, 3.63) is 46.8 Å². The van der Waals surface area contributed by atoms with E-state index >= 15 is 0 Å². The van der Waals surface area contributed by atoms with E-state index in [0.29, 0.717) is 0 Å². The van der Waals surface area contributed by atoms with Gasteiger partial charge in [0.25, 0.3) is 0 Å². The van der Waals surface area contributed by atoms with E-state index in [4.69, 9.17) is 0 Å². The second-order valence-electron chi connectivity index (χ2n) is 4.79. The Labute approximate surface area is 102 Å². The molecule has 0 aromatic heterocycles. The molecular weight excluding hydrogens is 215 g/mol. The lowest BCUT2D eigenvalue weighted by molar-refractivity contribution is 0.352. The normalized spacial score (nSPS) is 14.9. The van der Waals surface area contributed by atoms with Gasteiger partial charge in [-0.25, -0.2) is 4.39 Å². The Bertz CT molecular complexity index is 403. The molecule has 0 radical (unpaired) electrons. The number of nitrogens with zero attached hydrogens (tertiary/aromatic N) is 1. The van der Waals surface area contributed by atoms with Crippen LogP contribution >= 0.6 is 0 Å². The van der Waals surface area contributed by atoms with Crippen molar-refractivity contribution in [3.8, 4) is 0 Å². The highest BCUT2D eigenvalue weighted by Gasteiger charge is 2.11. The van der Waals surface area contributed by atoms with Crippen LogP contribution in [0.1, 0.15) is 12.5 Å². The fourth-order valence-electron chi connectivity index (χ4n) is 2.03. The zero-order valence-electron chi connectivity index (χ0n) is 10.5. The van der Waals surface area contributed by atoms with Gasteiger partial charge in [0, 0.05) is 26.2 Å². The molecule has 2 rings (SSSR count). The van der Waals surface area contributed by atoms with Crippen LogP contribution in [0.4, 0.5) is 4.39 Å². The number of nitrogens with one attached hydrogen (secondary N) is 1. The zero-order valence-corrected chi connectivity index (χ0v) is 10.5. The van der Waals surface area contributed by atoms with E-state index in [1.54, 1.807) is 0 Å². The zero-order chi connectivity index (χ0) is 12.3. The molecule has 0 spiro atoms. The Kier molecular flexibility index (Phi) is 3.92. The van der Waals surface area contributed by atoms with Crippen molar-refractivity contribution in [1.82, 2.24) is 10.2 Å². The van der Waals surface area contributed by atoms with Gasteiger partial charge in [0.1, 0.15) is 5.82 Å². The van der Waals surface area contributed by atoms with Gasteiger partial charge in [-0.15, -0.1) is 0 Å². The summed E-state index contributed by atoms with van der Waals surface area (Å²) in [5.74, 6) is -0.171. The Morgan fingerprint density at radius 2 is 1.94 bits per heavy atom. The van der Waals surface area contributed by atoms with E-state index in [1.165, 1.54) is 23.3 Å². The minimum absolute atomic E-state index is 0.171. The third-order valence-electron chi connectivity index (χ3n) is 3.15. The molecule has 0 atom stereocenters. The van der Waals surface area contributed by atoms with Crippen LogP contribution in [0, 0.1) is 5.82 Å². The molecule has 1 aromatic carbocycles. The number of rotatable bonds is 4. The first-order valence-corrected chi connectivity index (χ1v) is 5.96. The Balaban J connectivity index is 1.88. The summed E-state index contributed by atoms with van der Waals surface area (Å²) in [6, 6.07) is 6.73. The summed E-state index contributed by atoms with van der Waals surface area (Å²) in [6.45, 7) is 6.11. The van der Waals surface area contributed by atoms with Gasteiger partial charge in [0.15, 0.2) is 0 Å². The molecule has 1 aromatic rings. The standard InChI is InChI=1S/C14H19FN2/c1-11(13-7-16-8-13)9-17(2)10-12-3-5-14(15)6-4-12/h3-6,16H,7-10H2,1-2H3. The van der Waals surface area contributed by atoms with Crippen molar-refractivity contribution in [3.63, 3.8) is 0 Å². The predicted octanol–water partition coefficient (Wildman–Crippen LogP) is 2.18. The van der Waals surface area contributed by atoms with Crippen molar-refractivity contribution in [1.29, 1.82) is 0 Å². The Hall–Kier alpha value is -1.19. The van der Waals surface area contributed by atoms with E-state index in [0.717, 1.165) is 31.7 Å². The molecule has 0 bridgehead atoms. The van der Waals surface area contributed by atoms with Gasteiger partial charge in [0.05, 0.1) is 0 Å². The number of halogens is 1. The average molecular weight is 234 g/mol. The van der Waals surface area contributed by atoms with Gasteiger partial charge in [-0.3, -0.25) is 4.90 Å². The highest BCUT2D eigenvalue weighted by atomic mass is 19.1. The third kappa shape index (κ3) is 3.38. The molecule has 1 N–H and O–H groups in total. The van der Waals surface area contributed by atoms with Crippen molar-refractivity contribution in [2.24, 2.45) is 0 Å². The summed E-state index contributed by atoms with van der Waals surface area (Å²) in [5, 5.41) is 3.25. The summed E-state index contributed by atoms with van der Waals surface area (Å²) in [6.07, 6.45) is 0. The molecule has 1 heterocycles. The van der Waals surface area contributed by atoms with Crippen LogP contribution in [0.2, 0.25) is 0 Å². The van der Waals surface area contributed by atoms with Gasteiger partial charge < -0.3 is 5.32 Å². The van der Waals surface area contributed by atoms with Crippen LogP contribution in [-0.2, 0) is 6.54 Å². The van der Waals surface area contributed by atoms with Crippen LogP contribution in [0.25, 0.3) is 0 Å². The summed E-state index contributed by atoms with van der Waals surface area (Å²) < 4.78 is 12.8. The molecule has 92 valence electrons. The van der Waals surface area contributed by atoms with E-state index < -0.39 is 0 Å². The van der Waals surface area contributed by atoms with Crippen LogP contribution < -0.4 is 5.32 Å². The summed E-state index contributed by atoms with van der Waals surface area (Å²) in [5.41, 5.74) is 4.13. The molecule has 0 amide bonds. The topological polar surface area (TPSA) is 15.3 Å². The lowest BCUT2D eigenvalue weighted by Gasteiger charge is -2.25. The van der Waals surface area contributed by atoms with Gasteiger partial charge in [0.2, 0.25) is 0 Å². The van der Waals surface area contributed by atoms with Crippen molar-refractivity contribution < 1.29 is 4.39 Å². The molecule has 0 saturated carbocycles. The van der Waals surface area contributed by atoms with Crippen molar-refractivity contribution >= 4 is 0 Å². The SMILES string of the molecule is CC(CN(C)Cc1ccc(F)cc1)=C1CNC1. The molecule has 1 aliphatic heterocycles. The van der Waals surface area contributed by atoms with Crippen LogP contribution in [0.15, 0.2) is 35.4 Å². The van der Waals surface area contributed by atoms with Crippen molar-refractivity contribution in [2.75, 3.05) is 26.7 Å². The number of benzene rings is 1. The highest BCUT2D eigenvalue weighted by molar-refractivity contribution is 5.23. The summed E-state index contributed by atoms with van der Waals surface area (Å²) in [7, 11) is 2.10. The number of hydrogen-bond acceptors (Lipinski definition) is 2. The summed E-state index contributed by atoms with van der Waals surface area (Å²) in [4.78, 5) is 2.26. The van der Waals surface area contributed by atoms with Gasteiger partial charge in [-0.2, -0.15) is 0 Å². The van der Waals surface area contributed by atoms with E-state index in [-0.39, 0.29) is 5.82 Å². The summed E-state index contributed by atoms with van der Waals surface area (Å²) >= 11 is 0. The fraction of sp³-hybridized carbons (Fsp3) is 0.429. The maximum atomic E-state index is 12.8. The largest absolute Gasteiger partial charge is 0.309 e. The Morgan fingerprint density at radius 1 is 1.29 bits per heavy atom. The van der Waals surface area contributed by atoms with E-state index in [2.05, 4.69) is 24.2 Å². The van der Waals surface area contributed by atoms with Crippen LogP contribution in [-0.4, -0.2) is 31.6 Å². The van der Waals surface area contributed by atoms with E-state index in [9.17, 15) is 4.39 Å². The van der Waals surface area contributed by atoms with Crippen molar-refractivity contribution in [2.45, 2.75) is 13.5 Å². The molecule has 1 saturated heterocycles. The molecule has 1 fully saturated rings. The number of likely N-dealkylation sites (N-methyl/N-ethyl adjacent to an activating group) is 1. The lowest BCUT2D eigenvalue weighted by Crippen LogP contribution is -2.36. The molecule has 0 unspecified atom stereocenters. The minimum atomic E-state index is -0.171. The molecule has 1 aliphatic rings.